The highest BCUT2D eigenvalue weighted by Gasteiger charge is 2.17. The predicted octanol–water partition coefficient (Wildman–Crippen LogP) is 5.18. The molecule has 1 unspecified atom stereocenters. The molecule has 5 nitrogen and oxygen atoms in total. The van der Waals surface area contributed by atoms with Crippen molar-refractivity contribution in [1.82, 2.24) is 5.16 Å². The molecule has 1 N–H and O–H groups in total. The second-order valence-electron chi connectivity index (χ2n) is 6.92. The highest BCUT2D eigenvalue weighted by molar-refractivity contribution is 5.93. The van der Waals surface area contributed by atoms with E-state index in [1.54, 1.807) is 13.0 Å². The molecule has 5 heteroatoms. The predicted molar refractivity (Wildman–Crippen MR) is 106 cm³/mol. The van der Waals surface area contributed by atoms with Crippen molar-refractivity contribution in [2.45, 2.75) is 39.7 Å². The van der Waals surface area contributed by atoms with Gasteiger partial charge in [0.15, 0.2) is 6.10 Å². The monoisotopic (exact) mass is 364 g/mol. The lowest BCUT2D eigenvalue weighted by Crippen LogP contribution is -2.29. The summed E-state index contributed by atoms with van der Waals surface area (Å²) in [6.45, 7) is 7.99. The Morgan fingerprint density at radius 2 is 1.70 bits per heavy atom. The Hall–Kier alpha value is -3.08. The van der Waals surface area contributed by atoms with E-state index in [9.17, 15) is 4.79 Å². The van der Waals surface area contributed by atoms with Gasteiger partial charge in [-0.15, -0.1) is 0 Å². The van der Waals surface area contributed by atoms with Crippen LogP contribution >= 0.6 is 0 Å². The maximum atomic E-state index is 12.4. The van der Waals surface area contributed by atoms with Gasteiger partial charge in [-0.25, -0.2) is 0 Å². The first-order valence-corrected chi connectivity index (χ1v) is 9.03. The third-order valence-electron chi connectivity index (χ3n) is 4.33. The van der Waals surface area contributed by atoms with Gasteiger partial charge in [-0.1, -0.05) is 61.0 Å². The van der Waals surface area contributed by atoms with Crippen LogP contribution in [0, 0.1) is 6.92 Å². The van der Waals surface area contributed by atoms with Crippen LogP contribution < -0.4 is 10.1 Å². The van der Waals surface area contributed by atoms with Gasteiger partial charge >= 0.3 is 0 Å². The van der Waals surface area contributed by atoms with E-state index in [1.165, 1.54) is 11.1 Å². The Morgan fingerprint density at radius 1 is 1.04 bits per heavy atom. The summed E-state index contributed by atoms with van der Waals surface area (Å²) < 4.78 is 10.9. The van der Waals surface area contributed by atoms with Crippen LogP contribution in [0.4, 0.5) is 5.88 Å². The van der Waals surface area contributed by atoms with Gasteiger partial charge in [0.25, 0.3) is 5.91 Å². The molecular weight excluding hydrogens is 340 g/mol. The molecule has 140 valence electrons. The minimum atomic E-state index is -0.664. The van der Waals surface area contributed by atoms with Crippen LogP contribution in [-0.4, -0.2) is 17.2 Å². The van der Waals surface area contributed by atoms with Crippen molar-refractivity contribution < 1.29 is 14.1 Å². The molecule has 0 spiro atoms. The summed E-state index contributed by atoms with van der Waals surface area (Å²) in [4.78, 5) is 12.4. The number of amides is 1. The van der Waals surface area contributed by atoms with E-state index in [2.05, 4.69) is 24.3 Å². The average Bonchev–Trinajstić information content (AvgIpc) is 3.11. The smallest absolute Gasteiger partial charge is 0.267 e. The minimum Gasteiger partial charge on any atom is -0.481 e. The first-order valence-electron chi connectivity index (χ1n) is 9.03. The molecule has 1 atom stereocenters. The van der Waals surface area contributed by atoms with Crippen LogP contribution in [-0.2, 0) is 4.79 Å². The fourth-order valence-electron chi connectivity index (χ4n) is 2.61. The first kappa shape index (κ1) is 18.7. The lowest BCUT2D eigenvalue weighted by molar-refractivity contribution is -0.122. The number of anilines is 1. The van der Waals surface area contributed by atoms with E-state index in [0.29, 0.717) is 23.2 Å². The number of aryl methyl sites for hydroxylation is 1. The standard InChI is InChI=1S/C22H24N2O3/c1-14(2)17-9-11-19(12-10-17)26-16(4)22(25)23-21-13-20(24-27-21)18-7-5-15(3)6-8-18/h5-14,16H,1-4H3,(H,23,25). The zero-order valence-electron chi connectivity index (χ0n) is 16.0. The van der Waals surface area contributed by atoms with Crippen LogP contribution in [0.15, 0.2) is 59.1 Å². The zero-order chi connectivity index (χ0) is 19.4. The molecule has 1 heterocycles. The topological polar surface area (TPSA) is 64.4 Å². The Kier molecular flexibility index (Phi) is 5.60. The van der Waals surface area contributed by atoms with Gasteiger partial charge in [-0.05, 0) is 37.5 Å². The Morgan fingerprint density at radius 3 is 2.33 bits per heavy atom. The van der Waals surface area contributed by atoms with E-state index in [4.69, 9.17) is 9.26 Å². The molecule has 0 fully saturated rings. The molecule has 0 saturated heterocycles. The van der Waals surface area contributed by atoms with Gasteiger partial charge in [0.1, 0.15) is 11.4 Å². The number of benzene rings is 2. The van der Waals surface area contributed by atoms with Crippen LogP contribution in [0.5, 0.6) is 5.75 Å². The highest BCUT2D eigenvalue weighted by Crippen LogP contribution is 2.23. The molecule has 0 bridgehead atoms. The zero-order valence-corrected chi connectivity index (χ0v) is 16.0. The molecule has 27 heavy (non-hydrogen) atoms. The van der Waals surface area contributed by atoms with Crippen LogP contribution in [0.25, 0.3) is 11.3 Å². The van der Waals surface area contributed by atoms with Gasteiger partial charge in [0.05, 0.1) is 0 Å². The Balaban J connectivity index is 1.60. The fraction of sp³-hybridized carbons (Fsp3) is 0.273. The van der Waals surface area contributed by atoms with Crippen molar-refractivity contribution in [1.29, 1.82) is 0 Å². The van der Waals surface area contributed by atoms with E-state index in [1.807, 2.05) is 55.5 Å². The number of rotatable bonds is 6. The summed E-state index contributed by atoms with van der Waals surface area (Å²) in [6, 6.07) is 17.4. The van der Waals surface area contributed by atoms with Gasteiger partial charge in [0, 0.05) is 11.6 Å². The number of carbonyl (C=O) groups excluding carboxylic acids is 1. The quantitative estimate of drug-likeness (QED) is 0.654. The number of nitrogens with zero attached hydrogens (tertiary/aromatic N) is 1. The van der Waals surface area contributed by atoms with Crippen molar-refractivity contribution in [2.24, 2.45) is 0 Å². The molecule has 1 aromatic heterocycles. The fourth-order valence-corrected chi connectivity index (χ4v) is 2.61. The van der Waals surface area contributed by atoms with Crippen molar-refractivity contribution in [3.8, 4) is 17.0 Å². The summed E-state index contributed by atoms with van der Waals surface area (Å²) >= 11 is 0. The van der Waals surface area contributed by atoms with E-state index in [0.717, 1.165) is 5.56 Å². The minimum absolute atomic E-state index is 0.293. The molecule has 0 aliphatic rings. The lowest BCUT2D eigenvalue weighted by Gasteiger charge is -2.14. The number of ether oxygens (including phenoxy) is 1. The number of hydrogen-bond acceptors (Lipinski definition) is 4. The second-order valence-corrected chi connectivity index (χ2v) is 6.92. The third-order valence-corrected chi connectivity index (χ3v) is 4.33. The Labute approximate surface area is 159 Å². The molecule has 0 saturated carbocycles. The SMILES string of the molecule is Cc1ccc(-c2cc(NC(=O)C(C)Oc3ccc(C(C)C)cc3)on2)cc1. The molecule has 0 aliphatic carbocycles. The third kappa shape index (κ3) is 4.76. The largest absolute Gasteiger partial charge is 0.481 e. The lowest BCUT2D eigenvalue weighted by atomic mass is 10.0. The number of hydrogen-bond donors (Lipinski definition) is 1. The van der Waals surface area contributed by atoms with Crippen LogP contribution in [0.1, 0.15) is 37.8 Å². The highest BCUT2D eigenvalue weighted by atomic mass is 16.5. The van der Waals surface area contributed by atoms with Crippen molar-refractivity contribution in [3.63, 3.8) is 0 Å². The Bertz CT molecular complexity index is 896. The van der Waals surface area contributed by atoms with E-state index in [-0.39, 0.29) is 5.91 Å². The normalized spacial score (nSPS) is 12.0. The summed E-state index contributed by atoms with van der Waals surface area (Å²) in [6.07, 6.45) is -0.664. The molecule has 2 aromatic carbocycles. The molecule has 3 rings (SSSR count). The maximum absolute atomic E-state index is 12.4. The van der Waals surface area contributed by atoms with E-state index >= 15 is 0 Å². The average molecular weight is 364 g/mol. The van der Waals surface area contributed by atoms with Crippen LogP contribution in [0.2, 0.25) is 0 Å². The molecule has 1 amide bonds. The molecule has 0 aliphatic heterocycles. The second kappa shape index (κ2) is 8.08. The number of aromatic nitrogens is 1. The first-order chi connectivity index (χ1) is 12.9. The summed E-state index contributed by atoms with van der Waals surface area (Å²) in [5, 5.41) is 6.71. The van der Waals surface area contributed by atoms with Crippen molar-refractivity contribution >= 4 is 11.8 Å². The van der Waals surface area contributed by atoms with Crippen molar-refractivity contribution in [2.75, 3.05) is 5.32 Å². The van der Waals surface area contributed by atoms with E-state index < -0.39 is 6.10 Å². The molecule has 0 radical (unpaired) electrons. The van der Waals surface area contributed by atoms with Gasteiger partial charge in [-0.3, -0.25) is 10.1 Å². The van der Waals surface area contributed by atoms with Gasteiger partial charge in [0.2, 0.25) is 5.88 Å². The number of nitrogens with one attached hydrogen (secondary N) is 1. The van der Waals surface area contributed by atoms with Gasteiger partial charge in [-0.2, -0.15) is 0 Å². The summed E-state index contributed by atoms with van der Waals surface area (Å²) in [7, 11) is 0. The molecule has 3 aromatic rings. The van der Waals surface area contributed by atoms with Crippen molar-refractivity contribution in [3.05, 3.63) is 65.7 Å². The van der Waals surface area contributed by atoms with Gasteiger partial charge < -0.3 is 9.26 Å². The van der Waals surface area contributed by atoms with Crippen LogP contribution in [0.3, 0.4) is 0 Å². The molecular formula is C22H24N2O3. The maximum Gasteiger partial charge on any atom is 0.267 e. The number of carbonyl (C=O) groups is 1. The summed E-state index contributed by atoms with van der Waals surface area (Å²) in [5.74, 6) is 1.10. The summed E-state index contributed by atoms with van der Waals surface area (Å²) in [5.41, 5.74) is 4.00.